The van der Waals surface area contributed by atoms with Crippen molar-refractivity contribution < 1.29 is 19.1 Å². The summed E-state index contributed by atoms with van der Waals surface area (Å²) in [4.78, 5) is 30.1. The van der Waals surface area contributed by atoms with E-state index in [1.165, 1.54) is 11.3 Å². The molecule has 164 valence electrons. The van der Waals surface area contributed by atoms with Gasteiger partial charge >= 0.3 is 0 Å². The molecule has 2 amide bonds. The minimum atomic E-state index is -0.343. The summed E-state index contributed by atoms with van der Waals surface area (Å²) in [5.74, 6) is 0.624. The monoisotopic (exact) mass is 457 g/mol. The molecule has 1 aromatic heterocycles. The second-order valence-electron chi connectivity index (χ2n) is 7.30. The van der Waals surface area contributed by atoms with Crippen LogP contribution in [-0.4, -0.2) is 23.6 Å². The number of amides is 2. The number of carbonyl (C=O) groups excluding carboxylic acids is 2. The maximum Gasteiger partial charge on any atom is 0.257 e. The molecule has 2 heterocycles. The van der Waals surface area contributed by atoms with E-state index >= 15 is 0 Å². The number of rotatable bonds is 6. The van der Waals surface area contributed by atoms with Crippen molar-refractivity contribution in [3.8, 4) is 22.1 Å². The van der Waals surface area contributed by atoms with Gasteiger partial charge in [0, 0.05) is 22.7 Å². The number of para-hydroxylation sites is 1. The van der Waals surface area contributed by atoms with Crippen LogP contribution in [-0.2, 0) is 11.2 Å². The number of fused-ring (bicyclic) bond motifs is 1. The van der Waals surface area contributed by atoms with Crippen molar-refractivity contribution >= 4 is 34.5 Å². The minimum Gasteiger partial charge on any atom is -0.454 e. The molecule has 0 saturated heterocycles. The van der Waals surface area contributed by atoms with Crippen LogP contribution in [0.25, 0.3) is 10.6 Å². The summed E-state index contributed by atoms with van der Waals surface area (Å²) in [7, 11) is 0. The number of nitrogens with zero attached hydrogens (tertiary/aromatic N) is 1. The minimum absolute atomic E-state index is 0.113. The number of hydrogen-bond acceptors (Lipinski definition) is 6. The zero-order valence-corrected chi connectivity index (χ0v) is 18.2. The number of thiazole rings is 1. The fourth-order valence-corrected chi connectivity index (χ4v) is 4.25. The molecule has 0 radical (unpaired) electrons. The van der Waals surface area contributed by atoms with Crippen LogP contribution in [0.5, 0.6) is 11.5 Å². The number of aromatic nitrogens is 1. The fraction of sp³-hybridized carbons (Fsp3) is 0.0800. The second-order valence-corrected chi connectivity index (χ2v) is 8.16. The molecule has 1 aliphatic rings. The second kappa shape index (κ2) is 9.13. The summed E-state index contributed by atoms with van der Waals surface area (Å²) in [6.07, 6.45) is 0.113. The predicted molar refractivity (Wildman–Crippen MR) is 127 cm³/mol. The van der Waals surface area contributed by atoms with Gasteiger partial charge in [0.2, 0.25) is 12.7 Å². The van der Waals surface area contributed by atoms with Crippen LogP contribution < -0.4 is 20.1 Å². The van der Waals surface area contributed by atoms with Gasteiger partial charge in [-0.25, -0.2) is 4.98 Å². The summed E-state index contributed by atoms with van der Waals surface area (Å²) in [5.41, 5.74) is 3.05. The Morgan fingerprint density at radius 3 is 2.58 bits per heavy atom. The van der Waals surface area contributed by atoms with Gasteiger partial charge in [0.15, 0.2) is 11.5 Å². The maximum atomic E-state index is 12.9. The van der Waals surface area contributed by atoms with E-state index in [-0.39, 0.29) is 25.0 Å². The SMILES string of the molecule is O=C(Cc1csc(-c2ccccc2)n1)Nc1ccccc1C(=O)Nc1ccc2c(c1)OCO2. The fourth-order valence-electron chi connectivity index (χ4n) is 3.42. The first-order valence-electron chi connectivity index (χ1n) is 10.3. The van der Waals surface area contributed by atoms with Crippen LogP contribution in [0.15, 0.2) is 78.2 Å². The molecule has 1 aliphatic heterocycles. The van der Waals surface area contributed by atoms with E-state index in [0.717, 1.165) is 10.6 Å². The quantitative estimate of drug-likeness (QED) is 0.427. The Hall–Kier alpha value is -4.17. The van der Waals surface area contributed by atoms with Crippen LogP contribution >= 0.6 is 11.3 Å². The first-order chi connectivity index (χ1) is 16.2. The van der Waals surface area contributed by atoms with E-state index in [1.807, 2.05) is 35.7 Å². The molecular formula is C25H19N3O4S. The van der Waals surface area contributed by atoms with E-state index in [1.54, 1.807) is 42.5 Å². The molecule has 0 atom stereocenters. The highest BCUT2D eigenvalue weighted by molar-refractivity contribution is 7.13. The van der Waals surface area contributed by atoms with Crippen molar-refractivity contribution in [2.75, 3.05) is 17.4 Å². The molecular weight excluding hydrogens is 438 g/mol. The van der Waals surface area contributed by atoms with E-state index in [9.17, 15) is 9.59 Å². The largest absolute Gasteiger partial charge is 0.454 e. The molecule has 4 aromatic rings. The Morgan fingerprint density at radius 1 is 0.909 bits per heavy atom. The molecule has 3 aromatic carbocycles. The zero-order valence-electron chi connectivity index (χ0n) is 17.4. The highest BCUT2D eigenvalue weighted by atomic mass is 32.1. The zero-order chi connectivity index (χ0) is 22.6. The Bertz CT molecular complexity index is 1320. The van der Waals surface area contributed by atoms with Gasteiger partial charge in [-0.05, 0) is 24.3 Å². The van der Waals surface area contributed by atoms with E-state index in [2.05, 4.69) is 15.6 Å². The van der Waals surface area contributed by atoms with Gasteiger partial charge in [-0.15, -0.1) is 11.3 Å². The molecule has 0 fully saturated rings. The Morgan fingerprint density at radius 2 is 1.70 bits per heavy atom. The van der Waals surface area contributed by atoms with Crippen LogP contribution in [0.3, 0.4) is 0 Å². The lowest BCUT2D eigenvalue weighted by Gasteiger charge is -2.11. The molecule has 8 heteroatoms. The topological polar surface area (TPSA) is 89.6 Å². The standard InChI is InChI=1S/C25H19N3O4S/c29-23(13-18-14-33-25(27-18)16-6-2-1-3-7-16)28-20-9-5-4-8-19(20)24(30)26-17-10-11-21-22(12-17)32-15-31-21/h1-12,14H,13,15H2,(H,26,30)(H,28,29). The first-order valence-corrected chi connectivity index (χ1v) is 11.1. The van der Waals surface area contributed by atoms with E-state index in [4.69, 9.17) is 9.47 Å². The molecule has 0 spiro atoms. The lowest BCUT2D eigenvalue weighted by atomic mass is 10.1. The van der Waals surface area contributed by atoms with Gasteiger partial charge in [0.25, 0.3) is 5.91 Å². The highest BCUT2D eigenvalue weighted by Crippen LogP contribution is 2.34. The molecule has 0 saturated carbocycles. The molecule has 7 nitrogen and oxygen atoms in total. The lowest BCUT2D eigenvalue weighted by molar-refractivity contribution is -0.115. The Balaban J connectivity index is 1.26. The normalized spacial score (nSPS) is 11.8. The van der Waals surface area contributed by atoms with Gasteiger partial charge in [0.1, 0.15) is 5.01 Å². The lowest BCUT2D eigenvalue weighted by Crippen LogP contribution is -2.19. The van der Waals surface area contributed by atoms with Crippen molar-refractivity contribution in [1.82, 2.24) is 4.98 Å². The summed E-state index contributed by atoms with van der Waals surface area (Å²) in [6, 6.07) is 21.9. The van der Waals surface area contributed by atoms with Gasteiger partial charge in [-0.2, -0.15) is 0 Å². The third-order valence-electron chi connectivity index (χ3n) is 4.99. The van der Waals surface area contributed by atoms with Crippen molar-refractivity contribution in [3.63, 3.8) is 0 Å². The van der Waals surface area contributed by atoms with Gasteiger partial charge in [0.05, 0.1) is 23.4 Å². The Labute approximate surface area is 194 Å². The molecule has 5 rings (SSSR count). The molecule has 0 bridgehead atoms. The summed E-state index contributed by atoms with van der Waals surface area (Å²) in [5, 5.41) is 8.41. The predicted octanol–water partition coefficient (Wildman–Crippen LogP) is 4.97. The van der Waals surface area contributed by atoms with Gasteiger partial charge < -0.3 is 20.1 Å². The van der Waals surface area contributed by atoms with Crippen molar-refractivity contribution in [2.24, 2.45) is 0 Å². The Kier molecular flexibility index (Phi) is 5.73. The smallest absolute Gasteiger partial charge is 0.257 e. The maximum absolute atomic E-state index is 12.9. The number of nitrogens with one attached hydrogen (secondary N) is 2. The van der Waals surface area contributed by atoms with Crippen molar-refractivity contribution in [2.45, 2.75) is 6.42 Å². The number of hydrogen-bond donors (Lipinski definition) is 2. The van der Waals surface area contributed by atoms with Crippen LogP contribution in [0.2, 0.25) is 0 Å². The summed E-state index contributed by atoms with van der Waals surface area (Å²) < 4.78 is 10.6. The summed E-state index contributed by atoms with van der Waals surface area (Å²) in [6.45, 7) is 0.160. The van der Waals surface area contributed by atoms with Crippen molar-refractivity contribution in [3.05, 3.63) is 89.4 Å². The first kappa shape index (κ1) is 20.7. The third kappa shape index (κ3) is 4.70. The van der Waals surface area contributed by atoms with Gasteiger partial charge in [-0.3, -0.25) is 9.59 Å². The molecule has 33 heavy (non-hydrogen) atoms. The average molecular weight is 458 g/mol. The third-order valence-corrected chi connectivity index (χ3v) is 5.93. The number of anilines is 2. The van der Waals surface area contributed by atoms with E-state index in [0.29, 0.717) is 34.1 Å². The molecule has 0 aliphatic carbocycles. The van der Waals surface area contributed by atoms with Crippen LogP contribution in [0.4, 0.5) is 11.4 Å². The number of benzene rings is 3. The number of ether oxygens (including phenoxy) is 2. The molecule has 2 N–H and O–H groups in total. The molecule has 0 unspecified atom stereocenters. The number of carbonyl (C=O) groups is 2. The van der Waals surface area contributed by atoms with Crippen molar-refractivity contribution in [1.29, 1.82) is 0 Å². The highest BCUT2D eigenvalue weighted by Gasteiger charge is 2.17. The average Bonchev–Trinajstić information content (AvgIpc) is 3.49. The van der Waals surface area contributed by atoms with E-state index < -0.39 is 0 Å². The van der Waals surface area contributed by atoms with Crippen LogP contribution in [0.1, 0.15) is 16.1 Å². The van der Waals surface area contributed by atoms with Crippen LogP contribution in [0, 0.1) is 0 Å². The summed E-state index contributed by atoms with van der Waals surface area (Å²) >= 11 is 1.49. The van der Waals surface area contributed by atoms with Gasteiger partial charge in [-0.1, -0.05) is 42.5 Å².